The lowest BCUT2D eigenvalue weighted by Crippen LogP contribution is -2.16. The normalized spacial score (nSPS) is 11.1. The van der Waals surface area contributed by atoms with Crippen LogP contribution in [-0.4, -0.2) is 17.2 Å². The fourth-order valence-electron chi connectivity index (χ4n) is 1.98. The first-order valence-corrected chi connectivity index (χ1v) is 7.64. The van der Waals surface area contributed by atoms with E-state index in [9.17, 15) is 9.90 Å². The van der Waals surface area contributed by atoms with Crippen LogP contribution in [-0.2, 0) is 0 Å². The number of amides is 1. The highest BCUT2D eigenvalue weighted by Crippen LogP contribution is 2.34. The van der Waals surface area contributed by atoms with Gasteiger partial charge in [-0.2, -0.15) is 5.10 Å². The van der Waals surface area contributed by atoms with E-state index in [2.05, 4.69) is 10.5 Å². The topological polar surface area (TPSA) is 61.7 Å². The smallest absolute Gasteiger partial charge is 0.283 e. The number of nitrogens with zero attached hydrogens (tertiary/aromatic N) is 1. The monoisotopic (exact) mass is 330 g/mol. The van der Waals surface area contributed by atoms with Crippen molar-refractivity contribution in [2.75, 3.05) is 0 Å². The van der Waals surface area contributed by atoms with Crippen LogP contribution in [0.5, 0.6) is 5.75 Å². The summed E-state index contributed by atoms with van der Waals surface area (Å²) in [6, 6.07) is 14.1. The van der Waals surface area contributed by atoms with Crippen molar-refractivity contribution >= 4 is 45.1 Å². The highest BCUT2D eigenvalue weighted by atomic mass is 35.5. The van der Waals surface area contributed by atoms with Gasteiger partial charge >= 0.3 is 0 Å². The standard InChI is InChI=1S/C16H11ClN2O2S/c17-14-12-6-1-2-7-13(12)22-15(14)16(21)19-18-9-10-4-3-5-11(20)8-10/h1-9,20H,(H,19,21). The van der Waals surface area contributed by atoms with Crippen LogP contribution in [0.3, 0.4) is 0 Å². The molecule has 110 valence electrons. The minimum atomic E-state index is -0.359. The van der Waals surface area contributed by atoms with E-state index >= 15 is 0 Å². The van der Waals surface area contributed by atoms with Gasteiger partial charge in [0.1, 0.15) is 10.6 Å². The number of benzene rings is 2. The van der Waals surface area contributed by atoms with Crippen LogP contribution in [0.25, 0.3) is 10.1 Å². The lowest BCUT2D eigenvalue weighted by molar-refractivity contribution is 0.0959. The predicted octanol–water partition coefficient (Wildman–Crippen LogP) is 4.02. The van der Waals surface area contributed by atoms with Crippen molar-refractivity contribution in [3.63, 3.8) is 0 Å². The fourth-order valence-corrected chi connectivity index (χ4v) is 3.39. The van der Waals surface area contributed by atoms with Gasteiger partial charge in [-0.15, -0.1) is 11.3 Å². The lowest BCUT2D eigenvalue weighted by atomic mass is 10.2. The van der Waals surface area contributed by atoms with Crippen molar-refractivity contribution in [1.82, 2.24) is 5.43 Å². The third kappa shape index (κ3) is 2.95. The number of halogens is 1. The van der Waals surface area contributed by atoms with Crippen molar-refractivity contribution in [2.45, 2.75) is 0 Å². The Morgan fingerprint density at radius 2 is 2.05 bits per heavy atom. The molecular weight excluding hydrogens is 320 g/mol. The van der Waals surface area contributed by atoms with Crippen molar-refractivity contribution < 1.29 is 9.90 Å². The van der Waals surface area contributed by atoms with Crippen LogP contribution in [0.2, 0.25) is 5.02 Å². The number of rotatable bonds is 3. The first-order chi connectivity index (χ1) is 10.6. The third-order valence-corrected chi connectivity index (χ3v) is 4.67. The minimum Gasteiger partial charge on any atom is -0.508 e. The number of hydrazone groups is 1. The van der Waals surface area contributed by atoms with Gasteiger partial charge in [-0.3, -0.25) is 4.79 Å². The predicted molar refractivity (Wildman–Crippen MR) is 90.0 cm³/mol. The Morgan fingerprint density at radius 1 is 1.23 bits per heavy atom. The molecule has 3 rings (SSSR count). The number of phenols is 1. The van der Waals surface area contributed by atoms with Gasteiger partial charge in [0.25, 0.3) is 5.91 Å². The summed E-state index contributed by atoms with van der Waals surface area (Å²) in [5.41, 5.74) is 3.13. The average molecular weight is 331 g/mol. The van der Waals surface area contributed by atoms with Crippen LogP contribution in [0.15, 0.2) is 53.6 Å². The second-order valence-electron chi connectivity index (χ2n) is 4.54. The maximum Gasteiger partial charge on any atom is 0.283 e. The maximum absolute atomic E-state index is 12.1. The van der Waals surface area contributed by atoms with Crippen LogP contribution in [0.1, 0.15) is 15.2 Å². The van der Waals surface area contributed by atoms with Crippen LogP contribution in [0, 0.1) is 0 Å². The van der Waals surface area contributed by atoms with Crippen LogP contribution >= 0.6 is 22.9 Å². The van der Waals surface area contributed by atoms with E-state index in [4.69, 9.17) is 11.6 Å². The number of hydrogen-bond donors (Lipinski definition) is 2. The summed E-state index contributed by atoms with van der Waals surface area (Å²) in [5.74, 6) is -0.217. The zero-order valence-electron chi connectivity index (χ0n) is 11.3. The van der Waals surface area contributed by atoms with Crippen molar-refractivity contribution in [3.8, 4) is 5.75 Å². The van der Waals surface area contributed by atoms with Crippen LogP contribution < -0.4 is 5.43 Å². The average Bonchev–Trinajstić information content (AvgIpc) is 2.85. The first-order valence-electron chi connectivity index (χ1n) is 6.44. The number of nitrogens with one attached hydrogen (secondary N) is 1. The van der Waals surface area contributed by atoms with E-state index in [1.807, 2.05) is 24.3 Å². The van der Waals surface area contributed by atoms with Gasteiger partial charge in [-0.25, -0.2) is 5.43 Å². The van der Waals surface area contributed by atoms with Crippen LogP contribution in [0.4, 0.5) is 0 Å². The van der Waals surface area contributed by atoms with E-state index < -0.39 is 0 Å². The summed E-state index contributed by atoms with van der Waals surface area (Å²) < 4.78 is 0.953. The molecule has 0 saturated carbocycles. The number of hydrogen-bond acceptors (Lipinski definition) is 4. The molecule has 0 saturated heterocycles. The molecule has 0 radical (unpaired) electrons. The third-order valence-electron chi connectivity index (χ3n) is 2.99. The first kappa shape index (κ1) is 14.6. The van der Waals surface area contributed by atoms with Gasteiger partial charge < -0.3 is 5.11 Å². The number of aromatic hydroxyl groups is 1. The van der Waals surface area contributed by atoms with E-state index in [-0.39, 0.29) is 11.7 Å². The number of fused-ring (bicyclic) bond motifs is 1. The molecule has 0 atom stereocenters. The second kappa shape index (κ2) is 6.17. The van der Waals surface area contributed by atoms with Crippen molar-refractivity contribution in [3.05, 3.63) is 64.0 Å². The zero-order chi connectivity index (χ0) is 15.5. The van der Waals surface area contributed by atoms with Gasteiger partial charge in [0.05, 0.1) is 11.2 Å². The molecule has 2 aromatic carbocycles. The van der Waals surface area contributed by atoms with E-state index in [0.29, 0.717) is 15.5 Å². The van der Waals surface area contributed by atoms with E-state index in [1.165, 1.54) is 17.6 Å². The number of phenolic OH excluding ortho intramolecular Hbond substituents is 1. The Kier molecular flexibility index (Phi) is 4.09. The van der Waals surface area contributed by atoms with Gasteiger partial charge in [-0.05, 0) is 23.8 Å². The number of carbonyl (C=O) groups excluding carboxylic acids is 1. The van der Waals surface area contributed by atoms with Crippen molar-refractivity contribution in [1.29, 1.82) is 0 Å². The van der Waals surface area contributed by atoms with Gasteiger partial charge in [-0.1, -0.05) is 41.9 Å². The number of thiophene rings is 1. The molecule has 3 aromatic rings. The van der Waals surface area contributed by atoms with Gasteiger partial charge in [0.2, 0.25) is 0 Å². The SMILES string of the molecule is O=C(NN=Cc1cccc(O)c1)c1sc2ccccc2c1Cl. The molecule has 2 N–H and O–H groups in total. The largest absolute Gasteiger partial charge is 0.508 e. The Labute approximate surface area is 135 Å². The summed E-state index contributed by atoms with van der Waals surface area (Å²) in [5, 5.41) is 14.5. The summed E-state index contributed by atoms with van der Waals surface area (Å²) in [7, 11) is 0. The zero-order valence-corrected chi connectivity index (χ0v) is 12.9. The molecular formula is C16H11ClN2O2S. The molecule has 0 fully saturated rings. The van der Waals surface area contributed by atoms with Gasteiger partial charge in [0.15, 0.2) is 0 Å². The molecule has 0 aliphatic heterocycles. The molecule has 4 nitrogen and oxygen atoms in total. The summed E-state index contributed by atoms with van der Waals surface area (Å²) >= 11 is 7.56. The quantitative estimate of drug-likeness (QED) is 0.562. The highest BCUT2D eigenvalue weighted by Gasteiger charge is 2.16. The molecule has 1 amide bonds. The molecule has 1 heterocycles. The van der Waals surface area contributed by atoms with Crippen molar-refractivity contribution in [2.24, 2.45) is 5.10 Å². The molecule has 0 bridgehead atoms. The molecule has 0 spiro atoms. The second-order valence-corrected chi connectivity index (χ2v) is 5.97. The molecule has 0 unspecified atom stereocenters. The molecule has 0 aliphatic rings. The summed E-state index contributed by atoms with van der Waals surface area (Å²) in [4.78, 5) is 12.6. The minimum absolute atomic E-state index is 0.142. The summed E-state index contributed by atoms with van der Waals surface area (Å²) in [6.07, 6.45) is 1.46. The van der Waals surface area contributed by atoms with E-state index in [0.717, 1.165) is 10.1 Å². The molecule has 0 aliphatic carbocycles. The maximum atomic E-state index is 12.1. The highest BCUT2D eigenvalue weighted by molar-refractivity contribution is 7.21. The lowest BCUT2D eigenvalue weighted by Gasteiger charge is -1.98. The molecule has 1 aromatic heterocycles. The number of carbonyl (C=O) groups is 1. The Balaban J connectivity index is 1.77. The summed E-state index contributed by atoms with van der Waals surface area (Å²) in [6.45, 7) is 0. The fraction of sp³-hybridized carbons (Fsp3) is 0. The molecule has 6 heteroatoms. The Hall–Kier alpha value is -2.37. The van der Waals surface area contributed by atoms with E-state index in [1.54, 1.807) is 24.3 Å². The molecule has 22 heavy (non-hydrogen) atoms. The Morgan fingerprint density at radius 3 is 2.82 bits per heavy atom. The van der Waals surface area contributed by atoms with Gasteiger partial charge in [0, 0.05) is 10.1 Å². The Bertz CT molecular complexity index is 873.